The molecule has 134 valence electrons. The smallest absolute Gasteiger partial charge is 0.231 e. The topological polar surface area (TPSA) is 44.1 Å². The van der Waals surface area contributed by atoms with Gasteiger partial charge in [-0.1, -0.05) is 30.4 Å². The zero-order valence-electron chi connectivity index (χ0n) is 14.3. The average Bonchev–Trinajstić information content (AvgIpc) is 3.46. The standard InChI is InChI=1S/C21H15NO4S/c27-20-21(11-24-17-9-19-18(8-15(17)21)25-12-26-19)14-5-1-2-6-16(14)22(20)10-13-4-3-7-23-13/h1-9H,10-12H2. The van der Waals surface area contributed by atoms with Gasteiger partial charge in [0.2, 0.25) is 6.79 Å². The van der Waals surface area contributed by atoms with E-state index in [1.807, 2.05) is 36.4 Å². The van der Waals surface area contributed by atoms with E-state index in [0.717, 1.165) is 44.8 Å². The van der Waals surface area contributed by atoms with Crippen molar-refractivity contribution in [3.8, 4) is 17.2 Å². The molecule has 6 heteroatoms. The summed E-state index contributed by atoms with van der Waals surface area (Å²) in [5, 5.41) is 0. The van der Waals surface area contributed by atoms with Crippen molar-refractivity contribution in [2.24, 2.45) is 0 Å². The SMILES string of the molecule is S=C1N(Cc2ccco2)c2ccccc2C12COc1cc3c(cc12)OCO3. The molecule has 0 bridgehead atoms. The van der Waals surface area contributed by atoms with Gasteiger partial charge in [0.15, 0.2) is 11.5 Å². The Bertz CT molecular complexity index is 1080. The summed E-state index contributed by atoms with van der Waals surface area (Å²) in [5.74, 6) is 3.13. The monoisotopic (exact) mass is 377 g/mol. The minimum absolute atomic E-state index is 0.233. The fourth-order valence-corrected chi connectivity index (χ4v) is 4.72. The van der Waals surface area contributed by atoms with Crippen LogP contribution in [0.2, 0.25) is 0 Å². The van der Waals surface area contributed by atoms with Crippen LogP contribution in [0.25, 0.3) is 0 Å². The van der Waals surface area contributed by atoms with Gasteiger partial charge in [-0.25, -0.2) is 0 Å². The molecular weight excluding hydrogens is 362 g/mol. The Morgan fingerprint density at radius 3 is 2.63 bits per heavy atom. The Kier molecular flexibility index (Phi) is 2.95. The normalized spacial score (nSPS) is 21.5. The molecule has 0 aliphatic carbocycles. The average molecular weight is 377 g/mol. The largest absolute Gasteiger partial charge is 0.491 e. The van der Waals surface area contributed by atoms with Gasteiger partial charge in [0.25, 0.3) is 0 Å². The second-order valence-electron chi connectivity index (χ2n) is 6.88. The number of anilines is 1. The van der Waals surface area contributed by atoms with Crippen LogP contribution in [0.5, 0.6) is 17.2 Å². The molecule has 1 spiro atoms. The van der Waals surface area contributed by atoms with Crippen molar-refractivity contribution in [1.29, 1.82) is 0 Å². The number of ether oxygens (including phenoxy) is 3. The third kappa shape index (κ3) is 1.91. The van der Waals surface area contributed by atoms with Crippen molar-refractivity contribution in [3.05, 3.63) is 71.7 Å². The number of hydrogen-bond acceptors (Lipinski definition) is 5. The number of rotatable bonds is 2. The Hall–Kier alpha value is -2.99. The van der Waals surface area contributed by atoms with Gasteiger partial charge in [-0.15, -0.1) is 0 Å². The lowest BCUT2D eigenvalue weighted by Gasteiger charge is -2.26. The van der Waals surface area contributed by atoms with E-state index in [2.05, 4.69) is 17.0 Å². The van der Waals surface area contributed by atoms with E-state index in [-0.39, 0.29) is 6.79 Å². The lowest BCUT2D eigenvalue weighted by atomic mass is 9.77. The van der Waals surface area contributed by atoms with Crippen LogP contribution in [-0.4, -0.2) is 18.4 Å². The fraction of sp³-hybridized carbons (Fsp3) is 0.190. The van der Waals surface area contributed by atoms with Gasteiger partial charge in [-0.2, -0.15) is 0 Å². The maximum Gasteiger partial charge on any atom is 0.231 e. The first-order valence-electron chi connectivity index (χ1n) is 8.78. The number of nitrogens with zero attached hydrogens (tertiary/aromatic N) is 1. The highest BCUT2D eigenvalue weighted by Crippen LogP contribution is 2.55. The Balaban J connectivity index is 1.54. The number of thiocarbonyl (C=S) groups is 1. The Morgan fingerprint density at radius 1 is 0.926 bits per heavy atom. The highest BCUT2D eigenvalue weighted by Gasteiger charge is 2.54. The highest BCUT2D eigenvalue weighted by atomic mass is 32.1. The van der Waals surface area contributed by atoms with E-state index < -0.39 is 5.41 Å². The zero-order valence-corrected chi connectivity index (χ0v) is 15.1. The first kappa shape index (κ1) is 15.1. The molecule has 0 saturated heterocycles. The van der Waals surface area contributed by atoms with E-state index in [1.54, 1.807) is 6.26 Å². The molecule has 3 aliphatic heterocycles. The van der Waals surface area contributed by atoms with Crippen LogP contribution < -0.4 is 19.1 Å². The van der Waals surface area contributed by atoms with Gasteiger partial charge >= 0.3 is 0 Å². The van der Waals surface area contributed by atoms with Gasteiger partial charge in [0, 0.05) is 17.3 Å². The van der Waals surface area contributed by atoms with Crippen LogP contribution >= 0.6 is 12.2 Å². The van der Waals surface area contributed by atoms with Crippen molar-refractivity contribution >= 4 is 22.9 Å². The molecule has 2 aromatic carbocycles. The summed E-state index contributed by atoms with van der Waals surface area (Å²) in [6.07, 6.45) is 1.69. The summed E-state index contributed by atoms with van der Waals surface area (Å²) in [5.41, 5.74) is 2.77. The van der Waals surface area contributed by atoms with Crippen LogP contribution in [0.3, 0.4) is 0 Å². The van der Waals surface area contributed by atoms with Crippen molar-refractivity contribution in [1.82, 2.24) is 0 Å². The molecule has 0 radical (unpaired) electrons. The number of hydrogen-bond donors (Lipinski definition) is 0. The van der Waals surface area contributed by atoms with E-state index in [9.17, 15) is 0 Å². The maximum absolute atomic E-state index is 6.10. The van der Waals surface area contributed by atoms with Crippen molar-refractivity contribution in [2.45, 2.75) is 12.0 Å². The quantitative estimate of drug-likeness (QED) is 0.628. The molecule has 3 aliphatic rings. The first-order valence-corrected chi connectivity index (χ1v) is 9.19. The molecule has 1 aromatic heterocycles. The third-order valence-corrected chi connectivity index (χ3v) is 6.11. The van der Waals surface area contributed by atoms with Crippen molar-refractivity contribution in [3.63, 3.8) is 0 Å². The lowest BCUT2D eigenvalue weighted by molar-refractivity contribution is 0.173. The minimum Gasteiger partial charge on any atom is -0.491 e. The Labute approximate surface area is 161 Å². The summed E-state index contributed by atoms with van der Waals surface area (Å²) in [7, 11) is 0. The number of fused-ring (bicyclic) bond motifs is 5. The molecular formula is C21H15NO4S. The molecule has 0 N–H and O–H groups in total. The summed E-state index contributed by atoms with van der Waals surface area (Å²) in [6.45, 7) is 1.29. The molecule has 4 heterocycles. The molecule has 1 atom stereocenters. The van der Waals surface area contributed by atoms with E-state index in [1.165, 1.54) is 0 Å². The summed E-state index contributed by atoms with van der Waals surface area (Å²) >= 11 is 6.03. The van der Waals surface area contributed by atoms with Crippen molar-refractivity contribution < 1.29 is 18.6 Å². The van der Waals surface area contributed by atoms with Crippen molar-refractivity contribution in [2.75, 3.05) is 18.3 Å². The number of para-hydroxylation sites is 1. The van der Waals surface area contributed by atoms with E-state index in [0.29, 0.717) is 13.2 Å². The molecule has 0 saturated carbocycles. The predicted octanol–water partition coefficient (Wildman–Crippen LogP) is 4.03. The zero-order chi connectivity index (χ0) is 18.0. The van der Waals surface area contributed by atoms with Gasteiger partial charge < -0.3 is 23.5 Å². The highest BCUT2D eigenvalue weighted by molar-refractivity contribution is 7.80. The van der Waals surface area contributed by atoms with Gasteiger partial charge in [0.1, 0.15) is 28.5 Å². The third-order valence-electron chi connectivity index (χ3n) is 5.54. The molecule has 3 aromatic rings. The van der Waals surface area contributed by atoms with Crippen LogP contribution in [0, 0.1) is 0 Å². The summed E-state index contributed by atoms with van der Waals surface area (Å²) in [6, 6.07) is 16.1. The fourth-order valence-electron chi connectivity index (χ4n) is 4.28. The summed E-state index contributed by atoms with van der Waals surface area (Å²) < 4.78 is 22.8. The molecule has 0 fully saturated rings. The minimum atomic E-state index is -0.505. The molecule has 27 heavy (non-hydrogen) atoms. The van der Waals surface area contributed by atoms with E-state index >= 15 is 0 Å². The summed E-state index contributed by atoms with van der Waals surface area (Å²) in [4.78, 5) is 2.96. The number of furan rings is 1. The van der Waals surface area contributed by atoms with Crippen LogP contribution in [0.4, 0.5) is 5.69 Å². The molecule has 6 rings (SSSR count). The molecule has 1 unspecified atom stereocenters. The second kappa shape index (κ2) is 5.27. The maximum atomic E-state index is 6.10. The van der Waals surface area contributed by atoms with E-state index in [4.69, 9.17) is 30.8 Å². The van der Waals surface area contributed by atoms with Gasteiger partial charge in [-0.05, 0) is 29.8 Å². The van der Waals surface area contributed by atoms with Crippen LogP contribution in [0.1, 0.15) is 16.9 Å². The predicted molar refractivity (Wildman–Crippen MR) is 103 cm³/mol. The van der Waals surface area contributed by atoms with Gasteiger partial charge in [-0.3, -0.25) is 0 Å². The van der Waals surface area contributed by atoms with Crippen LogP contribution in [-0.2, 0) is 12.0 Å². The number of benzene rings is 2. The van der Waals surface area contributed by atoms with Gasteiger partial charge in [0.05, 0.1) is 12.8 Å². The molecule has 0 amide bonds. The Morgan fingerprint density at radius 2 is 1.78 bits per heavy atom. The second-order valence-corrected chi connectivity index (χ2v) is 7.27. The first-order chi connectivity index (χ1) is 13.3. The lowest BCUT2D eigenvalue weighted by Crippen LogP contribution is -2.40. The molecule has 5 nitrogen and oxygen atoms in total. The van der Waals surface area contributed by atoms with Crippen LogP contribution in [0.15, 0.2) is 59.2 Å².